The Morgan fingerprint density at radius 3 is 2.52 bits per heavy atom. The topological polar surface area (TPSA) is 66.1 Å². The number of carbonyl (C=O) groups excluding carboxylic acids is 1. The van der Waals surface area contributed by atoms with E-state index in [0.29, 0.717) is 0 Å². The van der Waals surface area contributed by atoms with Crippen molar-refractivity contribution in [3.05, 3.63) is 118 Å². The lowest BCUT2D eigenvalue weighted by Gasteiger charge is -2.30. The van der Waals surface area contributed by atoms with Gasteiger partial charge in [0.25, 0.3) is 11.5 Å². The van der Waals surface area contributed by atoms with Gasteiger partial charge >= 0.3 is 0 Å². The maximum absolute atomic E-state index is 13.6. The number of fused-ring (bicyclic) bond motifs is 1. The van der Waals surface area contributed by atoms with Crippen LogP contribution in [0.15, 0.2) is 96.2 Å². The van der Waals surface area contributed by atoms with E-state index in [1.807, 2.05) is 36.4 Å². The largest absolute Gasteiger partial charge is 0.328 e. The van der Waals surface area contributed by atoms with Gasteiger partial charge in [-0.3, -0.25) is 14.6 Å². The normalized spacial score (nSPS) is 14.8. The molecule has 4 aromatic rings. The monoisotopic (exact) mass is 407 g/mol. The van der Waals surface area contributed by atoms with Gasteiger partial charge in [-0.05, 0) is 59.4 Å². The Labute approximate surface area is 180 Å². The molecule has 1 atom stereocenters. The number of aromatic nitrogens is 2. The molecule has 0 fully saturated rings. The number of nitrogens with zero attached hydrogens (tertiary/aromatic N) is 2. The second-order valence-electron chi connectivity index (χ2n) is 7.59. The van der Waals surface area contributed by atoms with E-state index in [4.69, 9.17) is 0 Å². The Morgan fingerprint density at radius 1 is 0.935 bits per heavy atom. The zero-order valence-electron chi connectivity index (χ0n) is 16.9. The number of benzene rings is 2. The van der Waals surface area contributed by atoms with Gasteiger partial charge in [0.1, 0.15) is 5.56 Å². The molecule has 0 aliphatic heterocycles. The van der Waals surface area contributed by atoms with Crippen molar-refractivity contribution in [2.75, 3.05) is 4.90 Å². The highest BCUT2D eigenvalue weighted by atomic mass is 16.2. The Bertz CT molecular complexity index is 1280. The molecule has 1 aliphatic rings. The van der Waals surface area contributed by atoms with Crippen LogP contribution in [-0.4, -0.2) is 15.9 Å². The molecule has 2 heterocycles. The summed E-state index contributed by atoms with van der Waals surface area (Å²) in [5.41, 5.74) is 5.22. The minimum atomic E-state index is -0.386. The molecule has 0 spiro atoms. The maximum Gasteiger partial charge on any atom is 0.264 e. The average Bonchev–Trinajstić information content (AvgIpc) is 3.25. The molecule has 1 amide bonds. The predicted molar refractivity (Wildman–Crippen MR) is 121 cm³/mol. The van der Waals surface area contributed by atoms with Gasteiger partial charge in [0.05, 0.1) is 6.04 Å². The molecular weight excluding hydrogens is 386 g/mol. The van der Waals surface area contributed by atoms with Crippen molar-refractivity contribution in [1.82, 2.24) is 9.97 Å². The van der Waals surface area contributed by atoms with E-state index in [-0.39, 0.29) is 23.1 Å². The van der Waals surface area contributed by atoms with Crippen molar-refractivity contribution in [1.29, 1.82) is 0 Å². The molecule has 5 rings (SSSR count). The zero-order chi connectivity index (χ0) is 21.2. The van der Waals surface area contributed by atoms with Crippen LogP contribution in [0, 0.1) is 0 Å². The summed E-state index contributed by atoms with van der Waals surface area (Å²) < 4.78 is 0. The Morgan fingerprint density at radius 2 is 1.74 bits per heavy atom. The number of hydrogen-bond acceptors (Lipinski definition) is 3. The lowest BCUT2D eigenvalue weighted by molar-refractivity contribution is 0.0974. The molecular formula is C26H21N3O2. The van der Waals surface area contributed by atoms with Crippen LogP contribution in [0.25, 0.3) is 11.1 Å². The maximum atomic E-state index is 13.6. The number of rotatable bonds is 4. The first-order valence-corrected chi connectivity index (χ1v) is 10.3. The molecule has 1 N–H and O–H groups in total. The van der Waals surface area contributed by atoms with Crippen LogP contribution in [0.1, 0.15) is 33.9 Å². The van der Waals surface area contributed by atoms with Crippen molar-refractivity contribution >= 4 is 11.6 Å². The summed E-state index contributed by atoms with van der Waals surface area (Å²) in [4.78, 5) is 34.4. The van der Waals surface area contributed by atoms with Gasteiger partial charge in [0.2, 0.25) is 0 Å². The summed E-state index contributed by atoms with van der Waals surface area (Å²) in [6.45, 7) is 0. The number of hydrogen-bond donors (Lipinski definition) is 1. The number of anilines is 1. The van der Waals surface area contributed by atoms with Crippen molar-refractivity contribution in [2.45, 2.75) is 18.9 Å². The quantitative estimate of drug-likeness (QED) is 0.530. The predicted octanol–water partition coefficient (Wildman–Crippen LogP) is 4.77. The van der Waals surface area contributed by atoms with Gasteiger partial charge in [-0.15, -0.1) is 0 Å². The van der Waals surface area contributed by atoms with E-state index in [9.17, 15) is 9.59 Å². The summed E-state index contributed by atoms with van der Waals surface area (Å²) in [7, 11) is 0. The highest BCUT2D eigenvalue weighted by molar-refractivity contribution is 6.06. The fourth-order valence-electron chi connectivity index (χ4n) is 4.45. The van der Waals surface area contributed by atoms with E-state index in [1.54, 1.807) is 29.4 Å². The highest BCUT2D eigenvalue weighted by Crippen LogP contribution is 2.42. The number of H-pyrrole nitrogens is 1. The molecule has 2 aromatic heterocycles. The Kier molecular flexibility index (Phi) is 4.92. The number of nitrogens with one attached hydrogen (secondary N) is 1. The van der Waals surface area contributed by atoms with Crippen molar-refractivity contribution in [3.63, 3.8) is 0 Å². The third-order valence-corrected chi connectivity index (χ3v) is 5.84. The zero-order valence-corrected chi connectivity index (χ0v) is 16.9. The number of pyridine rings is 2. The Hall–Kier alpha value is -3.99. The SMILES string of the molecule is O=C(c1ccc[nH]c1=O)N(c1ccncc1)C1CCc2c(-c3ccccc3)cccc21. The van der Waals surface area contributed by atoms with Crippen LogP contribution in [-0.2, 0) is 6.42 Å². The molecule has 152 valence electrons. The summed E-state index contributed by atoms with van der Waals surface area (Å²) in [5.74, 6) is -0.309. The Balaban J connectivity index is 1.63. The smallest absolute Gasteiger partial charge is 0.264 e. The van der Waals surface area contributed by atoms with Crippen LogP contribution in [0.3, 0.4) is 0 Å². The summed E-state index contributed by atoms with van der Waals surface area (Å²) in [6.07, 6.45) is 6.53. The molecule has 0 bridgehead atoms. The molecule has 5 heteroatoms. The van der Waals surface area contributed by atoms with Crippen LogP contribution in [0.5, 0.6) is 0 Å². The van der Waals surface area contributed by atoms with Gasteiger partial charge in [-0.1, -0.05) is 48.5 Å². The number of carbonyl (C=O) groups is 1. The lowest BCUT2D eigenvalue weighted by Crippen LogP contribution is -2.37. The summed E-state index contributed by atoms with van der Waals surface area (Å²) in [5, 5.41) is 0. The van der Waals surface area contributed by atoms with Gasteiger partial charge in [-0.25, -0.2) is 0 Å². The molecule has 0 radical (unpaired) electrons. The van der Waals surface area contributed by atoms with Crippen LogP contribution in [0.4, 0.5) is 5.69 Å². The molecule has 2 aromatic carbocycles. The van der Waals surface area contributed by atoms with Crippen molar-refractivity contribution in [2.24, 2.45) is 0 Å². The van der Waals surface area contributed by atoms with Crippen LogP contribution >= 0.6 is 0 Å². The van der Waals surface area contributed by atoms with E-state index in [0.717, 1.165) is 24.1 Å². The standard InChI is InChI=1S/C26H21N3O2/c30-25-23(10-5-15-28-25)26(31)29(19-13-16-27-17-14-19)24-12-11-21-20(8-4-9-22(21)24)18-6-2-1-3-7-18/h1-10,13-17,24H,11-12H2,(H,28,30). The van der Waals surface area contributed by atoms with E-state index in [1.165, 1.54) is 22.9 Å². The van der Waals surface area contributed by atoms with Crippen molar-refractivity contribution < 1.29 is 4.79 Å². The molecule has 1 aliphatic carbocycles. The third kappa shape index (κ3) is 3.44. The summed E-state index contributed by atoms with van der Waals surface area (Å²) >= 11 is 0. The molecule has 0 saturated carbocycles. The number of amides is 1. The van der Waals surface area contributed by atoms with Gasteiger partial charge < -0.3 is 9.88 Å². The van der Waals surface area contributed by atoms with Crippen LogP contribution < -0.4 is 10.5 Å². The second kappa shape index (κ2) is 8.03. The molecule has 0 saturated heterocycles. The van der Waals surface area contributed by atoms with Gasteiger partial charge in [-0.2, -0.15) is 0 Å². The lowest BCUT2D eigenvalue weighted by atomic mass is 9.96. The first kappa shape index (κ1) is 19.0. The van der Waals surface area contributed by atoms with Gasteiger partial charge in [0, 0.05) is 24.3 Å². The molecule has 5 nitrogen and oxygen atoms in total. The van der Waals surface area contributed by atoms with Crippen LogP contribution in [0.2, 0.25) is 0 Å². The first-order valence-electron chi connectivity index (χ1n) is 10.3. The minimum absolute atomic E-state index is 0.131. The summed E-state index contributed by atoms with van der Waals surface area (Å²) in [6, 6.07) is 23.3. The fraction of sp³-hybridized carbons (Fsp3) is 0.115. The fourth-order valence-corrected chi connectivity index (χ4v) is 4.45. The third-order valence-electron chi connectivity index (χ3n) is 5.84. The van der Waals surface area contributed by atoms with E-state index in [2.05, 4.69) is 34.2 Å². The van der Waals surface area contributed by atoms with E-state index < -0.39 is 0 Å². The first-order chi connectivity index (χ1) is 15.2. The molecule has 1 unspecified atom stereocenters. The van der Waals surface area contributed by atoms with Crippen molar-refractivity contribution in [3.8, 4) is 11.1 Å². The second-order valence-corrected chi connectivity index (χ2v) is 7.59. The van der Waals surface area contributed by atoms with E-state index >= 15 is 0 Å². The van der Waals surface area contributed by atoms with Gasteiger partial charge in [0.15, 0.2) is 0 Å². The average molecular weight is 407 g/mol. The minimum Gasteiger partial charge on any atom is -0.328 e. The highest BCUT2D eigenvalue weighted by Gasteiger charge is 2.34. The molecule has 31 heavy (non-hydrogen) atoms. The number of aromatic amines is 1.